The van der Waals surface area contributed by atoms with Gasteiger partial charge < -0.3 is 14.0 Å². The summed E-state index contributed by atoms with van der Waals surface area (Å²) in [6, 6.07) is 10.1. The van der Waals surface area contributed by atoms with Crippen LogP contribution < -0.4 is 0 Å². The van der Waals surface area contributed by atoms with Crippen molar-refractivity contribution in [2.75, 3.05) is 13.2 Å². The third kappa shape index (κ3) is 2.71. The van der Waals surface area contributed by atoms with Crippen molar-refractivity contribution in [1.82, 2.24) is 4.57 Å². The predicted molar refractivity (Wildman–Crippen MR) is 86.0 cm³/mol. The minimum absolute atomic E-state index is 0.0513. The molecule has 0 radical (unpaired) electrons. The number of nitrogens with zero attached hydrogens (tertiary/aromatic N) is 1. The molecular formula is C18H21NO4. The normalized spacial score (nSPS) is 19.6. The third-order valence-corrected chi connectivity index (χ3v) is 4.37. The highest BCUT2D eigenvalue weighted by Gasteiger charge is 2.48. The quantitative estimate of drug-likeness (QED) is 0.796. The molecule has 23 heavy (non-hydrogen) atoms. The second kappa shape index (κ2) is 6.07. The maximum absolute atomic E-state index is 12.6. The molecule has 1 aromatic heterocycles. The number of esters is 2. The number of para-hydroxylation sites is 1. The number of hydrogen-bond donors (Lipinski definition) is 0. The van der Waals surface area contributed by atoms with Crippen LogP contribution >= 0.6 is 0 Å². The lowest BCUT2D eigenvalue weighted by molar-refractivity contribution is -0.162. The van der Waals surface area contributed by atoms with Gasteiger partial charge in [-0.15, -0.1) is 0 Å². The van der Waals surface area contributed by atoms with Crippen molar-refractivity contribution in [3.05, 3.63) is 36.0 Å². The van der Waals surface area contributed by atoms with Crippen molar-refractivity contribution in [3.63, 3.8) is 0 Å². The Morgan fingerprint density at radius 3 is 2.65 bits per heavy atom. The Kier molecular flexibility index (Phi) is 4.11. The van der Waals surface area contributed by atoms with Crippen LogP contribution in [0.4, 0.5) is 0 Å². The summed E-state index contributed by atoms with van der Waals surface area (Å²) in [6.07, 6.45) is 0.551. The van der Waals surface area contributed by atoms with Gasteiger partial charge in [0.05, 0.1) is 19.6 Å². The molecule has 0 saturated carbocycles. The molecular weight excluding hydrogens is 294 g/mol. The van der Waals surface area contributed by atoms with Gasteiger partial charge in [0, 0.05) is 24.2 Å². The van der Waals surface area contributed by atoms with E-state index in [1.54, 1.807) is 13.8 Å². The Balaban J connectivity index is 1.94. The van der Waals surface area contributed by atoms with Gasteiger partial charge in [-0.25, -0.2) is 0 Å². The molecule has 2 aromatic rings. The first-order chi connectivity index (χ1) is 11.1. The summed E-state index contributed by atoms with van der Waals surface area (Å²) < 4.78 is 12.4. The van der Waals surface area contributed by atoms with Gasteiger partial charge in [-0.05, 0) is 31.4 Å². The molecule has 0 aliphatic carbocycles. The smallest absolute Gasteiger partial charge is 0.314 e. The summed E-state index contributed by atoms with van der Waals surface area (Å²) in [6.45, 7) is 4.61. The van der Waals surface area contributed by atoms with E-state index in [-0.39, 0.29) is 18.4 Å². The number of carbonyl (C=O) groups is 2. The van der Waals surface area contributed by atoms with Crippen molar-refractivity contribution >= 4 is 22.8 Å². The molecule has 0 fully saturated rings. The fourth-order valence-electron chi connectivity index (χ4n) is 3.41. The summed E-state index contributed by atoms with van der Waals surface area (Å²) in [5.74, 6) is -0.670. The van der Waals surface area contributed by atoms with Crippen LogP contribution in [0.1, 0.15) is 26.0 Å². The zero-order valence-corrected chi connectivity index (χ0v) is 13.5. The molecule has 0 bridgehead atoms. The number of ether oxygens (including phenoxy) is 2. The number of aromatic nitrogens is 1. The van der Waals surface area contributed by atoms with Crippen LogP contribution in [0.15, 0.2) is 30.3 Å². The van der Waals surface area contributed by atoms with Gasteiger partial charge in [0.2, 0.25) is 0 Å². The van der Waals surface area contributed by atoms with E-state index in [4.69, 9.17) is 9.47 Å². The molecule has 0 saturated heterocycles. The maximum Gasteiger partial charge on any atom is 0.314 e. The lowest BCUT2D eigenvalue weighted by Gasteiger charge is -2.25. The predicted octanol–water partition coefficient (Wildman–Crippen LogP) is 2.70. The van der Waals surface area contributed by atoms with Crippen molar-refractivity contribution in [2.45, 2.75) is 33.2 Å². The van der Waals surface area contributed by atoms with Crippen molar-refractivity contribution in [2.24, 2.45) is 5.41 Å². The molecule has 0 amide bonds. The van der Waals surface area contributed by atoms with Crippen LogP contribution in [0.3, 0.4) is 0 Å². The minimum atomic E-state index is -0.859. The first-order valence-corrected chi connectivity index (χ1v) is 7.99. The van der Waals surface area contributed by atoms with E-state index >= 15 is 0 Å². The molecule has 1 aromatic carbocycles. The SMILES string of the molecule is CCOC(=O)CC1(C(=O)OCC)Cc2cc3ccccc3n2C1. The van der Waals surface area contributed by atoms with Gasteiger partial charge in [0.1, 0.15) is 5.41 Å². The molecule has 1 aliphatic heterocycles. The highest BCUT2D eigenvalue weighted by atomic mass is 16.5. The number of fused-ring (bicyclic) bond motifs is 3. The molecule has 0 N–H and O–H groups in total. The number of benzene rings is 1. The minimum Gasteiger partial charge on any atom is -0.466 e. The highest BCUT2D eigenvalue weighted by molar-refractivity contribution is 5.87. The third-order valence-electron chi connectivity index (χ3n) is 4.37. The van der Waals surface area contributed by atoms with Crippen LogP contribution in [0.5, 0.6) is 0 Å². The number of carbonyl (C=O) groups excluding carboxylic acids is 2. The van der Waals surface area contributed by atoms with Crippen molar-refractivity contribution < 1.29 is 19.1 Å². The molecule has 1 atom stereocenters. The highest BCUT2D eigenvalue weighted by Crippen LogP contribution is 2.40. The summed E-state index contributed by atoms with van der Waals surface area (Å²) in [4.78, 5) is 24.6. The van der Waals surface area contributed by atoms with E-state index in [1.807, 2.05) is 18.2 Å². The van der Waals surface area contributed by atoms with E-state index in [9.17, 15) is 9.59 Å². The molecule has 1 aliphatic rings. The second-order valence-corrected chi connectivity index (χ2v) is 5.94. The van der Waals surface area contributed by atoms with Crippen LogP contribution in [-0.2, 0) is 32.0 Å². The zero-order chi connectivity index (χ0) is 16.4. The first-order valence-electron chi connectivity index (χ1n) is 7.99. The summed E-state index contributed by atoms with van der Waals surface area (Å²) >= 11 is 0. The van der Waals surface area contributed by atoms with Gasteiger partial charge in [-0.3, -0.25) is 9.59 Å². The second-order valence-electron chi connectivity index (χ2n) is 5.94. The summed E-state index contributed by atoms with van der Waals surface area (Å²) in [5.41, 5.74) is 1.28. The monoisotopic (exact) mass is 315 g/mol. The Morgan fingerprint density at radius 1 is 1.17 bits per heavy atom. The Bertz CT molecular complexity index is 749. The van der Waals surface area contributed by atoms with Gasteiger partial charge >= 0.3 is 11.9 Å². The summed E-state index contributed by atoms with van der Waals surface area (Å²) in [5, 5.41) is 1.15. The average Bonchev–Trinajstić information content (AvgIpc) is 3.02. The zero-order valence-electron chi connectivity index (χ0n) is 13.5. The lowest BCUT2D eigenvalue weighted by atomic mass is 9.82. The fourth-order valence-corrected chi connectivity index (χ4v) is 3.41. The molecule has 1 unspecified atom stereocenters. The van der Waals surface area contributed by atoms with Gasteiger partial charge in [0.25, 0.3) is 0 Å². The largest absolute Gasteiger partial charge is 0.466 e. The van der Waals surface area contributed by atoms with Crippen LogP contribution in [0.25, 0.3) is 10.9 Å². The van der Waals surface area contributed by atoms with E-state index < -0.39 is 5.41 Å². The van der Waals surface area contributed by atoms with Crippen LogP contribution in [0, 0.1) is 5.41 Å². The lowest BCUT2D eigenvalue weighted by Crippen LogP contribution is -2.37. The number of rotatable bonds is 5. The van der Waals surface area contributed by atoms with Crippen LogP contribution in [-0.4, -0.2) is 29.7 Å². The summed E-state index contributed by atoms with van der Waals surface area (Å²) in [7, 11) is 0. The molecule has 2 heterocycles. The van der Waals surface area contributed by atoms with E-state index in [1.165, 1.54) is 0 Å². The van der Waals surface area contributed by atoms with Gasteiger partial charge in [0.15, 0.2) is 0 Å². The molecule has 5 heteroatoms. The van der Waals surface area contributed by atoms with E-state index in [0.29, 0.717) is 26.2 Å². The van der Waals surface area contributed by atoms with Crippen molar-refractivity contribution in [1.29, 1.82) is 0 Å². The van der Waals surface area contributed by atoms with Gasteiger partial charge in [-0.2, -0.15) is 0 Å². The average molecular weight is 315 g/mol. The number of hydrogen-bond acceptors (Lipinski definition) is 4. The fraction of sp³-hybridized carbons (Fsp3) is 0.444. The maximum atomic E-state index is 12.6. The van der Waals surface area contributed by atoms with E-state index in [2.05, 4.69) is 16.7 Å². The standard InChI is InChI=1S/C18H21NO4/c1-3-22-16(20)11-18(17(21)23-4-2)10-14-9-13-7-5-6-8-15(13)19(14)12-18/h5-9H,3-4,10-12H2,1-2H3. The molecule has 0 spiro atoms. The molecule has 5 nitrogen and oxygen atoms in total. The topological polar surface area (TPSA) is 57.5 Å². The Morgan fingerprint density at radius 2 is 1.91 bits per heavy atom. The molecule has 3 rings (SSSR count). The Labute approximate surface area is 135 Å². The Hall–Kier alpha value is -2.30. The first kappa shape index (κ1) is 15.6. The van der Waals surface area contributed by atoms with Gasteiger partial charge in [-0.1, -0.05) is 18.2 Å². The van der Waals surface area contributed by atoms with Crippen molar-refractivity contribution in [3.8, 4) is 0 Å². The van der Waals surface area contributed by atoms with Crippen LogP contribution in [0.2, 0.25) is 0 Å². The molecule has 122 valence electrons. The van der Waals surface area contributed by atoms with E-state index in [0.717, 1.165) is 16.6 Å².